The molecule has 6 rings (SSSR count). The summed E-state index contributed by atoms with van der Waals surface area (Å²) >= 11 is 0. The molecule has 234 valence electrons. The lowest BCUT2D eigenvalue weighted by molar-refractivity contribution is 0.0287. The molecule has 5 heterocycles. The molecule has 5 aliphatic heterocycles. The fraction of sp³-hybridized carbons (Fsp3) is 1.00. The second-order valence-electron chi connectivity index (χ2n) is 17.3. The summed E-state index contributed by atoms with van der Waals surface area (Å²) in [5, 5.41) is 7.13. The predicted octanol–water partition coefficient (Wildman–Crippen LogP) is 6.09. The lowest BCUT2D eigenvalue weighted by Gasteiger charge is -2.46. The first-order valence-corrected chi connectivity index (χ1v) is 17.4. The van der Waals surface area contributed by atoms with E-state index >= 15 is 0 Å². The quantitative estimate of drug-likeness (QED) is 0.375. The maximum absolute atomic E-state index is 3.62. The Morgan fingerprint density at radius 3 is 1.55 bits per heavy atom. The Labute approximate surface area is 250 Å². The van der Waals surface area contributed by atoms with E-state index in [1.807, 2.05) is 0 Å². The van der Waals surface area contributed by atoms with E-state index in [4.69, 9.17) is 0 Å². The van der Waals surface area contributed by atoms with Gasteiger partial charge < -0.3 is 10.6 Å². The number of rotatable bonds is 0. The van der Waals surface area contributed by atoms with Crippen molar-refractivity contribution in [3.8, 4) is 0 Å². The van der Waals surface area contributed by atoms with Gasteiger partial charge in [-0.15, -0.1) is 0 Å². The molecule has 5 saturated heterocycles. The van der Waals surface area contributed by atoms with E-state index in [1.54, 1.807) is 0 Å². The van der Waals surface area contributed by atoms with Gasteiger partial charge in [-0.05, 0) is 163 Å². The number of fused-ring (bicyclic) bond motifs is 3. The monoisotopic (exact) mass is 560 g/mol. The van der Waals surface area contributed by atoms with Gasteiger partial charge in [0.25, 0.3) is 0 Å². The molecule has 5 heteroatoms. The highest BCUT2D eigenvalue weighted by molar-refractivity contribution is 4.94. The van der Waals surface area contributed by atoms with E-state index in [1.165, 1.54) is 110 Å². The van der Waals surface area contributed by atoms with Gasteiger partial charge in [0.05, 0.1) is 0 Å². The maximum Gasteiger partial charge on any atom is 0.0224 e. The van der Waals surface area contributed by atoms with E-state index in [-0.39, 0.29) is 0 Å². The summed E-state index contributed by atoms with van der Waals surface area (Å²) in [6, 6.07) is 0.785. The zero-order valence-electron chi connectivity index (χ0n) is 28.3. The van der Waals surface area contributed by atoms with Gasteiger partial charge in [0.15, 0.2) is 0 Å². The van der Waals surface area contributed by atoms with Gasteiger partial charge in [0.1, 0.15) is 0 Å². The van der Waals surface area contributed by atoms with Crippen LogP contribution in [-0.2, 0) is 0 Å². The van der Waals surface area contributed by atoms with Crippen molar-refractivity contribution in [2.75, 3.05) is 58.9 Å². The third kappa shape index (κ3) is 8.91. The van der Waals surface area contributed by atoms with Crippen LogP contribution in [0.5, 0.6) is 0 Å². The molecule has 5 nitrogen and oxygen atoms in total. The molecule has 0 aromatic heterocycles. The Morgan fingerprint density at radius 1 is 0.475 bits per heavy atom. The third-order valence-corrected chi connectivity index (χ3v) is 11.5. The average Bonchev–Trinajstić information content (AvgIpc) is 3.56. The number of hydrogen-bond donors (Lipinski definition) is 2. The Bertz CT molecular complexity index is 719. The minimum Gasteiger partial charge on any atom is -0.316 e. The fourth-order valence-corrected chi connectivity index (χ4v) is 8.50. The van der Waals surface area contributed by atoms with Crippen LogP contribution in [0.25, 0.3) is 0 Å². The highest BCUT2D eigenvalue weighted by Gasteiger charge is 2.37. The molecule has 1 aliphatic carbocycles. The number of hydrogen-bond acceptors (Lipinski definition) is 5. The van der Waals surface area contributed by atoms with Crippen LogP contribution in [0.3, 0.4) is 0 Å². The van der Waals surface area contributed by atoms with Crippen molar-refractivity contribution in [1.29, 1.82) is 0 Å². The Kier molecular flexibility index (Phi) is 11.1. The van der Waals surface area contributed by atoms with Crippen LogP contribution in [0, 0.1) is 29.6 Å². The van der Waals surface area contributed by atoms with Crippen LogP contribution < -0.4 is 10.6 Å². The fourth-order valence-electron chi connectivity index (χ4n) is 8.50. The highest BCUT2D eigenvalue weighted by atomic mass is 15.2. The molecule has 6 unspecified atom stereocenters. The number of piperidine rings is 3. The topological polar surface area (TPSA) is 33.8 Å². The first kappa shape index (κ1) is 32.7. The van der Waals surface area contributed by atoms with Gasteiger partial charge in [-0.1, -0.05) is 19.3 Å². The first-order chi connectivity index (χ1) is 18.7. The van der Waals surface area contributed by atoms with Crippen molar-refractivity contribution in [2.45, 2.75) is 136 Å². The molecule has 0 amide bonds. The molecule has 0 radical (unpaired) electrons. The van der Waals surface area contributed by atoms with E-state index in [0.29, 0.717) is 16.6 Å². The van der Waals surface area contributed by atoms with Crippen molar-refractivity contribution in [2.24, 2.45) is 29.6 Å². The van der Waals surface area contributed by atoms with Crippen molar-refractivity contribution in [1.82, 2.24) is 25.3 Å². The van der Waals surface area contributed by atoms with E-state index in [2.05, 4.69) is 87.6 Å². The van der Waals surface area contributed by atoms with Gasteiger partial charge in [-0.25, -0.2) is 0 Å². The number of nitrogens with one attached hydrogen (secondary N) is 2. The van der Waals surface area contributed by atoms with Crippen LogP contribution in [0.1, 0.15) is 114 Å². The van der Waals surface area contributed by atoms with Gasteiger partial charge in [0, 0.05) is 42.3 Å². The van der Waals surface area contributed by atoms with Crippen molar-refractivity contribution < 1.29 is 0 Å². The molecule has 6 atom stereocenters. The molecule has 0 bridgehead atoms. The minimum atomic E-state index is 0.356. The van der Waals surface area contributed by atoms with Gasteiger partial charge in [-0.2, -0.15) is 0 Å². The molecule has 0 spiro atoms. The molecule has 6 fully saturated rings. The molecule has 1 saturated carbocycles. The standard InChI is InChI=1S/C13H25N.2C11H22N2/c1-13(2,3)14-9-8-11-6-4-5-7-12(11)10-14;1-11(2,3)13-7-5-9-4-6-12-10(9)8-13;1-11(2,3)13-5-4-9-6-12-7-10(9)8-13/h11-12H,4-10H2,1-3H3;2*9-10,12H,4-8H2,1-3H3. The second kappa shape index (κ2) is 13.6. The summed E-state index contributed by atoms with van der Waals surface area (Å²) < 4.78 is 0. The zero-order valence-corrected chi connectivity index (χ0v) is 28.3. The van der Waals surface area contributed by atoms with Crippen molar-refractivity contribution >= 4 is 0 Å². The Hall–Kier alpha value is -0.200. The normalized spacial score (nSPS) is 35.9. The summed E-state index contributed by atoms with van der Waals surface area (Å²) in [6.07, 6.45) is 11.7. The third-order valence-electron chi connectivity index (χ3n) is 11.5. The maximum atomic E-state index is 3.62. The van der Waals surface area contributed by atoms with E-state index in [9.17, 15) is 0 Å². The summed E-state index contributed by atoms with van der Waals surface area (Å²) in [6.45, 7) is 32.6. The lowest BCUT2D eigenvalue weighted by Crippen LogP contribution is -2.53. The van der Waals surface area contributed by atoms with Gasteiger partial charge in [0.2, 0.25) is 0 Å². The largest absolute Gasteiger partial charge is 0.316 e. The van der Waals surface area contributed by atoms with Crippen LogP contribution in [0.2, 0.25) is 0 Å². The molecule has 6 aliphatic rings. The van der Waals surface area contributed by atoms with Crippen LogP contribution >= 0.6 is 0 Å². The SMILES string of the molecule is CC(C)(C)N1CCC2CCCCC2C1.CC(C)(C)N1CCC2CCNC2C1.CC(C)(C)N1CCC2CNCC2C1. The molecule has 40 heavy (non-hydrogen) atoms. The molecule has 2 N–H and O–H groups in total. The lowest BCUT2D eigenvalue weighted by atomic mass is 9.74. The summed E-state index contributed by atoms with van der Waals surface area (Å²) in [7, 11) is 0. The minimum absolute atomic E-state index is 0.356. The average molecular weight is 560 g/mol. The number of likely N-dealkylation sites (tertiary alicyclic amines) is 3. The molecule has 0 aromatic rings. The van der Waals surface area contributed by atoms with Crippen LogP contribution in [0.15, 0.2) is 0 Å². The van der Waals surface area contributed by atoms with E-state index < -0.39 is 0 Å². The number of nitrogens with zero attached hydrogens (tertiary/aromatic N) is 3. The zero-order chi connectivity index (χ0) is 29.1. The second-order valence-corrected chi connectivity index (χ2v) is 17.3. The van der Waals surface area contributed by atoms with Crippen molar-refractivity contribution in [3.05, 3.63) is 0 Å². The summed E-state index contributed by atoms with van der Waals surface area (Å²) in [5.74, 6) is 4.96. The van der Waals surface area contributed by atoms with Crippen molar-refractivity contribution in [3.63, 3.8) is 0 Å². The predicted molar refractivity (Wildman–Crippen MR) is 173 cm³/mol. The summed E-state index contributed by atoms with van der Waals surface area (Å²) in [4.78, 5) is 7.95. The van der Waals surface area contributed by atoms with Gasteiger partial charge >= 0.3 is 0 Å². The molecule has 0 aromatic carbocycles. The Morgan fingerprint density at radius 2 is 0.950 bits per heavy atom. The van der Waals surface area contributed by atoms with Gasteiger partial charge in [-0.3, -0.25) is 14.7 Å². The summed E-state index contributed by atoms with van der Waals surface area (Å²) in [5.41, 5.74) is 1.12. The smallest absolute Gasteiger partial charge is 0.0224 e. The van der Waals surface area contributed by atoms with Crippen LogP contribution in [0.4, 0.5) is 0 Å². The van der Waals surface area contributed by atoms with Crippen LogP contribution in [-0.4, -0.2) is 96.3 Å². The highest BCUT2D eigenvalue weighted by Crippen LogP contribution is 2.38. The van der Waals surface area contributed by atoms with E-state index in [0.717, 1.165) is 35.6 Å². The first-order valence-electron chi connectivity index (χ1n) is 17.4. The Balaban J connectivity index is 0.000000139. The molecular formula is C35H69N5. The molecular weight excluding hydrogens is 490 g/mol.